The van der Waals surface area contributed by atoms with E-state index in [4.69, 9.17) is 4.74 Å². The van der Waals surface area contributed by atoms with Gasteiger partial charge >= 0.3 is 0 Å². The molecule has 3 aromatic rings. The third-order valence-electron chi connectivity index (χ3n) is 3.21. The van der Waals surface area contributed by atoms with Crippen molar-refractivity contribution < 1.29 is 18.3 Å². The van der Waals surface area contributed by atoms with E-state index in [2.05, 4.69) is 20.7 Å². The predicted octanol–water partition coefficient (Wildman–Crippen LogP) is 5.12. The van der Waals surface area contributed by atoms with Crippen LogP contribution in [-0.4, -0.2) is 13.5 Å². The molecular weight excluding hydrogens is 426 g/mol. The summed E-state index contributed by atoms with van der Waals surface area (Å²) in [5, 5.41) is 9.99. The maximum absolute atomic E-state index is 12.6. The van der Waals surface area contributed by atoms with E-state index in [1.165, 1.54) is 12.1 Å². The van der Waals surface area contributed by atoms with Crippen LogP contribution in [0.15, 0.2) is 63.3 Å². The van der Waals surface area contributed by atoms with Crippen LogP contribution in [0.1, 0.15) is 4.88 Å². The average Bonchev–Trinajstić information content (AvgIpc) is 2.91. The molecule has 1 aromatic heterocycles. The Hall–Kier alpha value is -2.03. The number of hydrogen-bond donors (Lipinski definition) is 2. The molecule has 2 N–H and O–H groups in total. The lowest BCUT2D eigenvalue weighted by atomic mass is 10.3. The second kappa shape index (κ2) is 7.07. The van der Waals surface area contributed by atoms with Gasteiger partial charge in [0, 0.05) is 15.4 Å². The minimum Gasteiger partial charge on any atom is -0.506 e. The van der Waals surface area contributed by atoms with Crippen molar-refractivity contribution >= 4 is 43.0 Å². The topological polar surface area (TPSA) is 75.6 Å². The minimum absolute atomic E-state index is 0.0476. The fraction of sp³-hybridized carbons (Fsp3) is 0.0588. The number of halogens is 1. The third kappa shape index (κ3) is 4.15. The van der Waals surface area contributed by atoms with Gasteiger partial charge in [-0.05, 0) is 53.2 Å². The number of thiophene rings is 1. The molecule has 8 heteroatoms. The monoisotopic (exact) mass is 439 g/mol. The molecule has 0 spiro atoms. The summed E-state index contributed by atoms with van der Waals surface area (Å²) in [5.74, 6) is 0.829. The van der Waals surface area contributed by atoms with Crippen LogP contribution in [0.2, 0.25) is 0 Å². The first kappa shape index (κ1) is 17.8. The van der Waals surface area contributed by atoms with Gasteiger partial charge in [0.1, 0.15) is 17.2 Å². The predicted molar refractivity (Wildman–Crippen MR) is 102 cm³/mol. The Labute approximate surface area is 158 Å². The molecule has 0 radical (unpaired) electrons. The van der Waals surface area contributed by atoms with E-state index in [1.54, 1.807) is 24.3 Å². The molecule has 3 rings (SSSR count). The highest BCUT2D eigenvalue weighted by Crippen LogP contribution is 2.36. The zero-order chi connectivity index (χ0) is 18.0. The normalized spacial score (nSPS) is 11.3. The van der Waals surface area contributed by atoms with Crippen molar-refractivity contribution in [2.24, 2.45) is 0 Å². The van der Waals surface area contributed by atoms with Crippen LogP contribution in [0.3, 0.4) is 0 Å². The summed E-state index contributed by atoms with van der Waals surface area (Å²) in [7, 11) is -3.83. The Bertz CT molecular complexity index is 1000. The average molecular weight is 440 g/mol. The van der Waals surface area contributed by atoms with Crippen LogP contribution in [0.25, 0.3) is 0 Å². The van der Waals surface area contributed by atoms with E-state index in [1.807, 2.05) is 25.1 Å². The third-order valence-corrected chi connectivity index (χ3v) is 7.31. The van der Waals surface area contributed by atoms with Gasteiger partial charge in [0.15, 0.2) is 4.21 Å². The number of rotatable bonds is 5. The van der Waals surface area contributed by atoms with Crippen molar-refractivity contribution in [3.8, 4) is 17.2 Å². The van der Waals surface area contributed by atoms with E-state index in [-0.39, 0.29) is 15.6 Å². The molecule has 5 nitrogen and oxygen atoms in total. The van der Waals surface area contributed by atoms with Crippen LogP contribution in [0.5, 0.6) is 17.2 Å². The lowest BCUT2D eigenvalue weighted by Gasteiger charge is -2.11. The number of ether oxygens (including phenoxy) is 1. The van der Waals surface area contributed by atoms with Crippen molar-refractivity contribution in [2.75, 3.05) is 4.72 Å². The molecular formula is C17H14BrNO4S2. The smallest absolute Gasteiger partial charge is 0.272 e. The SMILES string of the molecule is Cc1cc(Br)c(S(=O)(=O)Nc2cc(Oc3ccccc3)ccc2O)s1. The summed E-state index contributed by atoms with van der Waals surface area (Å²) in [6.45, 7) is 1.82. The number of aromatic hydroxyl groups is 1. The minimum atomic E-state index is -3.83. The molecule has 0 saturated heterocycles. The van der Waals surface area contributed by atoms with Crippen LogP contribution in [0.4, 0.5) is 5.69 Å². The van der Waals surface area contributed by atoms with Gasteiger partial charge in [-0.2, -0.15) is 0 Å². The number of anilines is 1. The second-order valence-electron chi connectivity index (χ2n) is 5.19. The van der Waals surface area contributed by atoms with Gasteiger partial charge < -0.3 is 9.84 Å². The lowest BCUT2D eigenvalue weighted by Crippen LogP contribution is -2.12. The van der Waals surface area contributed by atoms with Crippen LogP contribution in [0, 0.1) is 6.92 Å². The number of nitrogens with one attached hydrogen (secondary N) is 1. The number of hydrogen-bond acceptors (Lipinski definition) is 5. The van der Waals surface area contributed by atoms with Crippen LogP contribution < -0.4 is 9.46 Å². The van der Waals surface area contributed by atoms with Crippen molar-refractivity contribution in [3.05, 3.63) is 63.9 Å². The number of aryl methyl sites for hydroxylation is 1. The first-order chi connectivity index (χ1) is 11.8. The van der Waals surface area contributed by atoms with Crippen molar-refractivity contribution in [2.45, 2.75) is 11.1 Å². The number of sulfonamides is 1. The highest BCUT2D eigenvalue weighted by Gasteiger charge is 2.22. The van der Waals surface area contributed by atoms with Crippen LogP contribution >= 0.6 is 27.3 Å². The van der Waals surface area contributed by atoms with Gasteiger partial charge in [0.25, 0.3) is 10.0 Å². The molecule has 0 amide bonds. The summed E-state index contributed by atoms with van der Waals surface area (Å²) in [5.41, 5.74) is 0.0476. The summed E-state index contributed by atoms with van der Waals surface area (Å²) in [4.78, 5) is 0.859. The van der Waals surface area contributed by atoms with E-state index in [0.29, 0.717) is 16.0 Å². The Kier molecular flexibility index (Phi) is 5.03. The molecule has 0 saturated carbocycles. The summed E-state index contributed by atoms with van der Waals surface area (Å²) < 4.78 is 33.9. The largest absolute Gasteiger partial charge is 0.506 e. The number of phenolic OH excluding ortho intramolecular Hbond substituents is 1. The Balaban J connectivity index is 1.89. The summed E-state index contributed by atoms with van der Waals surface area (Å²) in [6, 6.07) is 15.2. The second-order valence-corrected chi connectivity index (χ2v) is 9.18. The van der Waals surface area contributed by atoms with Gasteiger partial charge in [-0.3, -0.25) is 4.72 Å². The van der Waals surface area contributed by atoms with E-state index in [0.717, 1.165) is 16.2 Å². The first-order valence-electron chi connectivity index (χ1n) is 7.20. The molecule has 0 fully saturated rings. The summed E-state index contributed by atoms with van der Waals surface area (Å²) >= 11 is 4.39. The van der Waals surface area contributed by atoms with Gasteiger partial charge in [-0.1, -0.05) is 18.2 Å². The van der Waals surface area contributed by atoms with Crippen molar-refractivity contribution in [1.82, 2.24) is 0 Å². The molecule has 1 heterocycles. The Morgan fingerprint density at radius 3 is 2.44 bits per heavy atom. The molecule has 0 aliphatic heterocycles. The fourth-order valence-electron chi connectivity index (χ4n) is 2.12. The molecule has 0 bridgehead atoms. The standard InChI is InChI=1S/C17H14BrNO4S2/c1-11-9-14(18)17(24-11)25(21,22)19-15-10-13(7-8-16(15)20)23-12-5-3-2-4-6-12/h2-10,19-20H,1H3. The molecule has 2 aromatic carbocycles. The fourth-order valence-corrected chi connectivity index (χ4v) is 5.94. The zero-order valence-corrected chi connectivity index (χ0v) is 16.3. The molecule has 130 valence electrons. The van der Waals surface area contributed by atoms with E-state index >= 15 is 0 Å². The number of para-hydroxylation sites is 1. The highest BCUT2D eigenvalue weighted by atomic mass is 79.9. The Morgan fingerprint density at radius 1 is 1.08 bits per heavy atom. The molecule has 0 aliphatic carbocycles. The molecule has 25 heavy (non-hydrogen) atoms. The quantitative estimate of drug-likeness (QED) is 0.541. The number of phenols is 1. The molecule has 0 aliphatic rings. The van der Waals surface area contributed by atoms with E-state index < -0.39 is 10.0 Å². The van der Waals surface area contributed by atoms with Crippen molar-refractivity contribution in [3.63, 3.8) is 0 Å². The van der Waals surface area contributed by atoms with Gasteiger partial charge in [0.05, 0.1) is 5.69 Å². The maximum Gasteiger partial charge on any atom is 0.272 e. The van der Waals surface area contributed by atoms with Gasteiger partial charge in [-0.15, -0.1) is 11.3 Å². The van der Waals surface area contributed by atoms with Crippen LogP contribution in [-0.2, 0) is 10.0 Å². The molecule has 0 unspecified atom stereocenters. The van der Waals surface area contributed by atoms with E-state index in [9.17, 15) is 13.5 Å². The number of benzene rings is 2. The van der Waals surface area contributed by atoms with Crippen molar-refractivity contribution in [1.29, 1.82) is 0 Å². The summed E-state index contributed by atoms with van der Waals surface area (Å²) in [6.07, 6.45) is 0. The maximum atomic E-state index is 12.6. The Morgan fingerprint density at radius 2 is 1.80 bits per heavy atom. The molecule has 0 atom stereocenters. The highest BCUT2D eigenvalue weighted by molar-refractivity contribution is 9.10. The lowest BCUT2D eigenvalue weighted by molar-refractivity contribution is 0.466. The first-order valence-corrected chi connectivity index (χ1v) is 10.3. The van der Waals surface area contributed by atoms with Gasteiger partial charge in [-0.25, -0.2) is 8.42 Å². The zero-order valence-electron chi connectivity index (χ0n) is 13.1. The van der Waals surface area contributed by atoms with Gasteiger partial charge in [0.2, 0.25) is 0 Å².